The van der Waals surface area contributed by atoms with E-state index in [0.717, 1.165) is 5.56 Å². The van der Waals surface area contributed by atoms with Gasteiger partial charge in [-0.3, -0.25) is 0 Å². The van der Waals surface area contributed by atoms with Crippen LogP contribution in [-0.4, -0.2) is 6.03 Å². The monoisotopic (exact) mass is 266 g/mol. The number of nitrogens with zero attached hydrogens (tertiary/aromatic N) is 1. The lowest BCUT2D eigenvalue weighted by Gasteiger charge is -2.10. The average molecular weight is 266 g/mol. The quantitative estimate of drug-likeness (QED) is 0.729. The molecule has 0 spiro atoms. The summed E-state index contributed by atoms with van der Waals surface area (Å²) in [6.45, 7) is 1.86. The van der Waals surface area contributed by atoms with Crippen molar-refractivity contribution in [3.05, 3.63) is 53.6 Å². The molecule has 5 heteroatoms. The van der Waals surface area contributed by atoms with Gasteiger partial charge in [0.1, 0.15) is 0 Å². The molecule has 0 saturated heterocycles. The van der Waals surface area contributed by atoms with E-state index in [1.165, 1.54) is 0 Å². The first-order valence-electron chi connectivity index (χ1n) is 6.03. The average Bonchev–Trinajstić information content (AvgIpc) is 2.41. The second kappa shape index (κ2) is 5.76. The number of benzene rings is 2. The number of rotatable bonds is 2. The van der Waals surface area contributed by atoms with Gasteiger partial charge in [0.25, 0.3) is 0 Å². The fourth-order valence-electron chi connectivity index (χ4n) is 1.73. The normalized spacial score (nSPS) is 9.60. The SMILES string of the molecule is Cc1ccc(C#N)cc1NC(=O)Nc1cccc(N)c1. The fraction of sp³-hybridized carbons (Fsp3) is 0.0667. The van der Waals surface area contributed by atoms with E-state index in [-0.39, 0.29) is 6.03 Å². The van der Waals surface area contributed by atoms with Gasteiger partial charge in [-0.25, -0.2) is 4.79 Å². The van der Waals surface area contributed by atoms with Crippen LogP contribution in [-0.2, 0) is 0 Å². The maximum absolute atomic E-state index is 11.9. The first-order valence-corrected chi connectivity index (χ1v) is 6.03. The highest BCUT2D eigenvalue weighted by Gasteiger charge is 2.06. The molecule has 2 rings (SSSR count). The minimum atomic E-state index is -0.381. The Balaban J connectivity index is 2.10. The molecule has 0 radical (unpaired) electrons. The molecule has 0 unspecified atom stereocenters. The highest BCUT2D eigenvalue weighted by atomic mass is 16.2. The smallest absolute Gasteiger partial charge is 0.323 e. The summed E-state index contributed by atoms with van der Waals surface area (Å²) in [6, 6.07) is 13.7. The summed E-state index contributed by atoms with van der Waals surface area (Å²) in [7, 11) is 0. The summed E-state index contributed by atoms with van der Waals surface area (Å²) in [5.74, 6) is 0. The Morgan fingerprint density at radius 2 is 2.00 bits per heavy atom. The molecular weight excluding hydrogens is 252 g/mol. The molecule has 5 nitrogen and oxygen atoms in total. The standard InChI is InChI=1S/C15H14N4O/c1-10-5-6-11(9-16)7-14(10)19-15(20)18-13-4-2-3-12(17)8-13/h2-8H,17H2,1H3,(H2,18,19,20). The molecule has 4 N–H and O–H groups in total. The van der Waals surface area contributed by atoms with Gasteiger partial charge in [-0.15, -0.1) is 0 Å². The van der Waals surface area contributed by atoms with E-state index in [9.17, 15) is 4.79 Å². The van der Waals surface area contributed by atoms with E-state index < -0.39 is 0 Å². The van der Waals surface area contributed by atoms with Crippen molar-refractivity contribution >= 4 is 23.1 Å². The number of nitrogens with two attached hydrogens (primary N) is 1. The number of nitrogens with one attached hydrogen (secondary N) is 2. The number of amides is 2. The topological polar surface area (TPSA) is 90.9 Å². The number of anilines is 3. The number of hydrogen-bond acceptors (Lipinski definition) is 3. The largest absolute Gasteiger partial charge is 0.399 e. The number of carbonyl (C=O) groups is 1. The molecule has 0 aliphatic rings. The van der Waals surface area contributed by atoms with Crippen molar-refractivity contribution < 1.29 is 4.79 Å². The number of carbonyl (C=O) groups excluding carboxylic acids is 1. The molecular formula is C15H14N4O. The van der Waals surface area contributed by atoms with Crippen LogP contribution in [0.15, 0.2) is 42.5 Å². The summed E-state index contributed by atoms with van der Waals surface area (Å²) in [4.78, 5) is 11.9. The Hall–Kier alpha value is -3.00. The van der Waals surface area contributed by atoms with Gasteiger partial charge in [0.05, 0.1) is 11.6 Å². The molecule has 2 aromatic carbocycles. The molecule has 2 amide bonds. The van der Waals surface area contributed by atoms with Gasteiger partial charge in [-0.05, 0) is 42.8 Å². The zero-order chi connectivity index (χ0) is 14.5. The van der Waals surface area contributed by atoms with Crippen LogP contribution in [0.25, 0.3) is 0 Å². The van der Waals surface area contributed by atoms with E-state index in [1.54, 1.807) is 42.5 Å². The van der Waals surface area contributed by atoms with E-state index >= 15 is 0 Å². The van der Waals surface area contributed by atoms with Crippen LogP contribution in [0.5, 0.6) is 0 Å². The zero-order valence-electron chi connectivity index (χ0n) is 11.0. The van der Waals surface area contributed by atoms with Crippen molar-refractivity contribution in [1.29, 1.82) is 5.26 Å². The van der Waals surface area contributed by atoms with Gasteiger partial charge in [0.15, 0.2) is 0 Å². The molecule has 20 heavy (non-hydrogen) atoms. The summed E-state index contributed by atoms with van der Waals surface area (Å²) in [6.07, 6.45) is 0. The van der Waals surface area contributed by atoms with Gasteiger partial charge in [-0.2, -0.15) is 5.26 Å². The molecule has 100 valence electrons. The summed E-state index contributed by atoms with van der Waals surface area (Å²) in [5, 5.41) is 14.3. The lowest BCUT2D eigenvalue weighted by molar-refractivity contribution is 0.262. The second-order valence-electron chi connectivity index (χ2n) is 4.35. The van der Waals surface area contributed by atoms with Gasteiger partial charge in [0, 0.05) is 17.1 Å². The first-order chi connectivity index (χ1) is 9.58. The molecule has 0 fully saturated rings. The van der Waals surface area contributed by atoms with Crippen LogP contribution >= 0.6 is 0 Å². The van der Waals surface area contributed by atoms with E-state index in [4.69, 9.17) is 11.0 Å². The molecule has 2 aromatic rings. The highest BCUT2D eigenvalue weighted by Crippen LogP contribution is 2.17. The number of hydrogen-bond donors (Lipinski definition) is 3. The fourth-order valence-corrected chi connectivity index (χ4v) is 1.73. The van der Waals surface area contributed by atoms with Gasteiger partial charge < -0.3 is 16.4 Å². The van der Waals surface area contributed by atoms with Crippen molar-refractivity contribution in [3.63, 3.8) is 0 Å². The van der Waals surface area contributed by atoms with Crippen molar-refractivity contribution in [2.75, 3.05) is 16.4 Å². The third kappa shape index (κ3) is 3.27. The Morgan fingerprint density at radius 1 is 1.20 bits per heavy atom. The maximum atomic E-state index is 11.9. The maximum Gasteiger partial charge on any atom is 0.323 e. The third-order valence-electron chi connectivity index (χ3n) is 2.76. The predicted molar refractivity (Wildman–Crippen MR) is 79.4 cm³/mol. The number of nitriles is 1. The van der Waals surface area contributed by atoms with Gasteiger partial charge in [0.2, 0.25) is 0 Å². The van der Waals surface area contributed by atoms with Crippen molar-refractivity contribution in [2.45, 2.75) is 6.92 Å². The summed E-state index contributed by atoms with van der Waals surface area (Å²) >= 11 is 0. The summed E-state index contributed by atoms with van der Waals surface area (Å²) < 4.78 is 0. The zero-order valence-corrected chi connectivity index (χ0v) is 11.0. The Labute approximate surface area is 117 Å². The number of urea groups is 1. The van der Waals surface area contributed by atoms with Crippen LogP contribution in [0.3, 0.4) is 0 Å². The van der Waals surface area contributed by atoms with E-state index in [2.05, 4.69) is 10.6 Å². The Morgan fingerprint density at radius 3 is 2.70 bits per heavy atom. The van der Waals surface area contributed by atoms with Crippen LogP contribution in [0.2, 0.25) is 0 Å². The third-order valence-corrected chi connectivity index (χ3v) is 2.76. The first kappa shape index (κ1) is 13.4. The van der Waals surface area contributed by atoms with E-state index in [0.29, 0.717) is 22.6 Å². The predicted octanol–water partition coefficient (Wildman–Crippen LogP) is 3.09. The summed E-state index contributed by atoms with van der Waals surface area (Å²) in [5.41, 5.74) is 8.80. The molecule has 0 aliphatic carbocycles. The van der Waals surface area contributed by atoms with Crippen molar-refractivity contribution in [1.82, 2.24) is 0 Å². The van der Waals surface area contributed by atoms with Crippen LogP contribution in [0.4, 0.5) is 21.9 Å². The van der Waals surface area contributed by atoms with Crippen molar-refractivity contribution in [3.8, 4) is 6.07 Å². The van der Waals surface area contributed by atoms with E-state index in [1.807, 2.05) is 13.0 Å². The van der Waals surface area contributed by atoms with Gasteiger partial charge >= 0.3 is 6.03 Å². The van der Waals surface area contributed by atoms with Crippen LogP contribution < -0.4 is 16.4 Å². The second-order valence-corrected chi connectivity index (χ2v) is 4.35. The minimum Gasteiger partial charge on any atom is -0.399 e. The van der Waals surface area contributed by atoms with Gasteiger partial charge in [-0.1, -0.05) is 12.1 Å². The number of nitrogen functional groups attached to an aromatic ring is 1. The van der Waals surface area contributed by atoms with Crippen LogP contribution in [0.1, 0.15) is 11.1 Å². The lowest BCUT2D eigenvalue weighted by atomic mass is 10.1. The molecule has 0 atom stereocenters. The minimum absolute atomic E-state index is 0.381. The number of aryl methyl sites for hydroxylation is 1. The Kier molecular flexibility index (Phi) is 3.87. The molecule has 0 heterocycles. The lowest BCUT2D eigenvalue weighted by Crippen LogP contribution is -2.20. The molecule has 0 aromatic heterocycles. The molecule has 0 bridgehead atoms. The van der Waals surface area contributed by atoms with Crippen LogP contribution in [0, 0.1) is 18.3 Å². The molecule has 0 aliphatic heterocycles. The molecule has 0 saturated carbocycles. The van der Waals surface area contributed by atoms with Crippen molar-refractivity contribution in [2.24, 2.45) is 0 Å². The Bertz CT molecular complexity index is 689. The highest BCUT2D eigenvalue weighted by molar-refractivity contribution is 6.00.